The van der Waals surface area contributed by atoms with E-state index < -0.39 is 0 Å². The molecule has 3 rings (SSSR count). The first-order valence-electron chi connectivity index (χ1n) is 7.42. The highest BCUT2D eigenvalue weighted by Gasteiger charge is 2.26. The number of carbonyl (C=O) groups is 1. The van der Waals surface area contributed by atoms with E-state index in [0.29, 0.717) is 18.1 Å². The molecule has 0 bridgehead atoms. The van der Waals surface area contributed by atoms with Gasteiger partial charge < -0.3 is 14.1 Å². The van der Waals surface area contributed by atoms with Crippen LogP contribution in [0.5, 0.6) is 6.01 Å². The van der Waals surface area contributed by atoms with Crippen LogP contribution in [0, 0.1) is 13.8 Å². The smallest absolute Gasteiger partial charge is 0.317 e. The molecule has 116 valence electrons. The van der Waals surface area contributed by atoms with E-state index in [2.05, 4.69) is 9.97 Å². The summed E-state index contributed by atoms with van der Waals surface area (Å²) in [4.78, 5) is 22.7. The van der Waals surface area contributed by atoms with Gasteiger partial charge >= 0.3 is 6.01 Å². The van der Waals surface area contributed by atoms with E-state index >= 15 is 0 Å². The Bertz CT molecular complexity index is 634. The predicted octanol–water partition coefficient (Wildman–Crippen LogP) is 2.37. The molecule has 22 heavy (non-hydrogen) atoms. The predicted molar refractivity (Wildman–Crippen MR) is 79.8 cm³/mol. The fraction of sp³-hybridized carbons (Fsp3) is 0.438. The van der Waals surface area contributed by atoms with Crippen LogP contribution in [-0.2, 0) is 0 Å². The number of amides is 1. The molecule has 1 saturated heterocycles. The molecule has 2 aromatic rings. The van der Waals surface area contributed by atoms with E-state index in [1.165, 1.54) is 12.5 Å². The van der Waals surface area contributed by atoms with Gasteiger partial charge in [-0.1, -0.05) is 0 Å². The second-order valence-electron chi connectivity index (χ2n) is 5.58. The molecule has 1 aliphatic rings. The lowest BCUT2D eigenvalue weighted by atomic mass is 10.1. The van der Waals surface area contributed by atoms with Crippen LogP contribution in [-0.4, -0.2) is 40.0 Å². The van der Waals surface area contributed by atoms with Gasteiger partial charge in [0.25, 0.3) is 5.91 Å². The summed E-state index contributed by atoms with van der Waals surface area (Å²) < 4.78 is 10.9. The topological polar surface area (TPSA) is 68.5 Å². The minimum atomic E-state index is -0.0780. The van der Waals surface area contributed by atoms with Crippen molar-refractivity contribution >= 4 is 5.91 Å². The summed E-state index contributed by atoms with van der Waals surface area (Å²) >= 11 is 0. The number of nitrogens with zero attached hydrogens (tertiary/aromatic N) is 3. The maximum atomic E-state index is 12.3. The maximum Gasteiger partial charge on any atom is 0.317 e. The summed E-state index contributed by atoms with van der Waals surface area (Å²) in [5.41, 5.74) is 2.33. The van der Waals surface area contributed by atoms with Crippen molar-refractivity contribution in [1.29, 1.82) is 0 Å². The normalized spacial score (nSPS) is 18.3. The summed E-state index contributed by atoms with van der Waals surface area (Å²) in [5, 5.41) is 0. The Morgan fingerprint density at radius 2 is 2.14 bits per heavy atom. The van der Waals surface area contributed by atoms with Crippen LogP contribution in [0.2, 0.25) is 0 Å². The van der Waals surface area contributed by atoms with Gasteiger partial charge in [-0.15, -0.1) is 0 Å². The summed E-state index contributed by atoms with van der Waals surface area (Å²) in [6.45, 7) is 5.10. The van der Waals surface area contributed by atoms with Crippen molar-refractivity contribution in [3.63, 3.8) is 0 Å². The molecule has 0 N–H and O–H groups in total. The molecule has 2 aromatic heterocycles. The lowest BCUT2D eigenvalue weighted by molar-refractivity contribution is 0.0514. The number of aromatic nitrogens is 2. The number of carbonyl (C=O) groups excluding carboxylic acids is 1. The highest BCUT2D eigenvalue weighted by molar-refractivity contribution is 5.93. The highest BCUT2D eigenvalue weighted by atomic mass is 16.5. The summed E-state index contributed by atoms with van der Waals surface area (Å²) in [5.74, 6) is -0.0246. The van der Waals surface area contributed by atoms with Gasteiger partial charge in [-0.05, 0) is 38.8 Å². The van der Waals surface area contributed by atoms with Crippen molar-refractivity contribution in [2.24, 2.45) is 0 Å². The molecule has 0 aromatic carbocycles. The minimum Gasteiger partial charge on any atom is -0.472 e. The van der Waals surface area contributed by atoms with Gasteiger partial charge in [0.1, 0.15) is 12.4 Å². The van der Waals surface area contributed by atoms with Crippen molar-refractivity contribution in [3.05, 3.63) is 41.6 Å². The van der Waals surface area contributed by atoms with Crippen LogP contribution < -0.4 is 4.74 Å². The molecule has 1 fully saturated rings. The van der Waals surface area contributed by atoms with Crippen LogP contribution >= 0.6 is 0 Å². The molecule has 3 heterocycles. The van der Waals surface area contributed by atoms with Crippen LogP contribution in [0.15, 0.2) is 29.1 Å². The minimum absolute atomic E-state index is 0.0246. The Kier molecular flexibility index (Phi) is 4.09. The van der Waals surface area contributed by atoms with Crippen molar-refractivity contribution in [1.82, 2.24) is 14.9 Å². The number of rotatable bonds is 3. The van der Waals surface area contributed by atoms with Gasteiger partial charge in [-0.25, -0.2) is 9.97 Å². The highest BCUT2D eigenvalue weighted by Crippen LogP contribution is 2.18. The van der Waals surface area contributed by atoms with E-state index in [-0.39, 0.29) is 12.0 Å². The third kappa shape index (κ3) is 3.27. The second-order valence-corrected chi connectivity index (χ2v) is 5.58. The number of furan rings is 1. The lowest BCUT2D eigenvalue weighted by Crippen LogP contribution is -2.44. The summed E-state index contributed by atoms with van der Waals surface area (Å²) in [6, 6.07) is 3.97. The Balaban J connectivity index is 1.66. The van der Waals surface area contributed by atoms with Gasteiger partial charge in [0.15, 0.2) is 0 Å². The number of hydrogen-bond donors (Lipinski definition) is 0. The Hall–Kier alpha value is -2.37. The third-order valence-corrected chi connectivity index (χ3v) is 3.67. The first-order valence-corrected chi connectivity index (χ1v) is 7.42. The molecule has 0 saturated carbocycles. The first kappa shape index (κ1) is 14.6. The zero-order chi connectivity index (χ0) is 15.5. The van der Waals surface area contributed by atoms with E-state index in [4.69, 9.17) is 9.15 Å². The van der Waals surface area contributed by atoms with Crippen LogP contribution in [0.1, 0.15) is 34.6 Å². The van der Waals surface area contributed by atoms with Crippen LogP contribution in [0.3, 0.4) is 0 Å². The average molecular weight is 301 g/mol. The van der Waals surface area contributed by atoms with Gasteiger partial charge in [-0.3, -0.25) is 4.79 Å². The monoisotopic (exact) mass is 301 g/mol. The fourth-order valence-electron chi connectivity index (χ4n) is 2.68. The molecule has 0 radical (unpaired) electrons. The number of piperidine rings is 1. The average Bonchev–Trinajstić information content (AvgIpc) is 3.00. The maximum absolute atomic E-state index is 12.3. The molecule has 6 nitrogen and oxygen atoms in total. The van der Waals surface area contributed by atoms with E-state index in [0.717, 1.165) is 30.8 Å². The standard InChI is InChI=1S/C16H19N3O3/c1-11-8-12(2)18-16(17-11)22-14-4-3-6-19(9-14)15(20)13-5-7-21-10-13/h5,7-8,10,14H,3-4,6,9H2,1-2H3. The SMILES string of the molecule is Cc1cc(C)nc(OC2CCCN(C(=O)c3ccoc3)C2)n1. The fourth-order valence-corrected chi connectivity index (χ4v) is 2.68. The van der Waals surface area contributed by atoms with Crippen LogP contribution in [0.25, 0.3) is 0 Å². The van der Waals surface area contributed by atoms with Gasteiger partial charge in [0, 0.05) is 17.9 Å². The van der Waals surface area contributed by atoms with E-state index in [1.54, 1.807) is 11.0 Å². The molecule has 6 heteroatoms. The number of ether oxygens (including phenoxy) is 1. The molecular weight excluding hydrogens is 282 g/mol. The molecule has 1 atom stereocenters. The number of likely N-dealkylation sites (tertiary alicyclic amines) is 1. The number of aryl methyl sites for hydroxylation is 2. The van der Waals surface area contributed by atoms with Gasteiger partial charge in [0.05, 0.1) is 18.4 Å². The third-order valence-electron chi connectivity index (χ3n) is 3.67. The Morgan fingerprint density at radius 1 is 1.36 bits per heavy atom. The Morgan fingerprint density at radius 3 is 2.82 bits per heavy atom. The second kappa shape index (κ2) is 6.17. The van der Waals surface area contributed by atoms with Crippen molar-refractivity contribution in [3.8, 4) is 6.01 Å². The summed E-state index contributed by atoms with van der Waals surface area (Å²) in [7, 11) is 0. The molecule has 0 aliphatic carbocycles. The zero-order valence-electron chi connectivity index (χ0n) is 12.8. The largest absolute Gasteiger partial charge is 0.472 e. The Labute approximate surface area is 129 Å². The molecule has 1 unspecified atom stereocenters. The number of hydrogen-bond acceptors (Lipinski definition) is 5. The lowest BCUT2D eigenvalue weighted by Gasteiger charge is -2.32. The van der Waals surface area contributed by atoms with Gasteiger partial charge in [-0.2, -0.15) is 0 Å². The quantitative estimate of drug-likeness (QED) is 0.870. The molecule has 1 amide bonds. The molecule has 1 aliphatic heterocycles. The van der Waals surface area contributed by atoms with Crippen LogP contribution in [0.4, 0.5) is 0 Å². The van der Waals surface area contributed by atoms with Gasteiger partial charge in [0.2, 0.25) is 0 Å². The van der Waals surface area contributed by atoms with E-state index in [1.807, 2.05) is 19.9 Å². The summed E-state index contributed by atoms with van der Waals surface area (Å²) in [6.07, 6.45) is 4.70. The zero-order valence-corrected chi connectivity index (χ0v) is 12.8. The van der Waals surface area contributed by atoms with Crippen molar-refractivity contribution in [2.75, 3.05) is 13.1 Å². The first-order chi connectivity index (χ1) is 10.6. The van der Waals surface area contributed by atoms with Crippen molar-refractivity contribution in [2.45, 2.75) is 32.8 Å². The van der Waals surface area contributed by atoms with E-state index in [9.17, 15) is 4.79 Å². The van der Waals surface area contributed by atoms with Crippen molar-refractivity contribution < 1.29 is 13.9 Å². The molecular formula is C16H19N3O3. The molecule has 0 spiro atoms.